The third-order valence-corrected chi connectivity index (χ3v) is 3.13. The zero-order valence-corrected chi connectivity index (χ0v) is 12.8. The minimum absolute atomic E-state index is 0.0199. The van der Waals surface area contributed by atoms with E-state index in [0.29, 0.717) is 12.7 Å². The molecule has 0 saturated carbocycles. The summed E-state index contributed by atoms with van der Waals surface area (Å²) >= 11 is 0. The van der Waals surface area contributed by atoms with E-state index in [-0.39, 0.29) is 12.8 Å². The Balaban J connectivity index is 3.02. The van der Waals surface area contributed by atoms with Crippen LogP contribution in [0, 0.1) is 5.92 Å². The van der Waals surface area contributed by atoms with Crippen LogP contribution in [0.4, 0.5) is 4.79 Å². The van der Waals surface area contributed by atoms with Crippen molar-refractivity contribution in [1.29, 1.82) is 0 Å². The highest BCUT2D eigenvalue weighted by atomic mass is 16.6. The zero-order chi connectivity index (χ0) is 16.2. The number of rotatable bonds is 3. The highest BCUT2D eigenvalue weighted by Gasteiger charge is 2.44. The molecular weight excluding hydrogens is 278 g/mol. The highest BCUT2D eigenvalue weighted by molar-refractivity contribution is 5.99. The second-order valence-electron chi connectivity index (χ2n) is 5.90. The largest absolute Gasteiger partial charge is 0.467 e. The summed E-state index contributed by atoms with van der Waals surface area (Å²) in [5.74, 6) is -1.84. The van der Waals surface area contributed by atoms with Crippen LogP contribution in [0.15, 0.2) is 0 Å². The van der Waals surface area contributed by atoms with Gasteiger partial charge in [-0.25, -0.2) is 14.5 Å². The third kappa shape index (κ3) is 4.27. The number of hydrogen-bond donors (Lipinski definition) is 0. The fourth-order valence-electron chi connectivity index (χ4n) is 2.18. The first-order valence-corrected chi connectivity index (χ1v) is 6.78. The van der Waals surface area contributed by atoms with Gasteiger partial charge in [0.1, 0.15) is 17.9 Å². The number of aldehydes is 1. The van der Waals surface area contributed by atoms with Crippen LogP contribution in [0.2, 0.25) is 0 Å². The van der Waals surface area contributed by atoms with Crippen molar-refractivity contribution in [1.82, 2.24) is 4.90 Å². The van der Waals surface area contributed by atoms with Crippen LogP contribution in [0.5, 0.6) is 0 Å². The van der Waals surface area contributed by atoms with Crippen LogP contribution in [0.1, 0.15) is 40.0 Å². The second kappa shape index (κ2) is 6.69. The minimum atomic E-state index is -1.000. The molecule has 1 aliphatic heterocycles. The lowest BCUT2D eigenvalue weighted by atomic mass is 9.90. The molecule has 1 rings (SSSR count). The molecule has 0 unspecified atom stereocenters. The van der Waals surface area contributed by atoms with Crippen molar-refractivity contribution in [2.24, 2.45) is 5.92 Å². The predicted molar refractivity (Wildman–Crippen MR) is 72.3 cm³/mol. The Bertz CT molecular complexity index is 439. The van der Waals surface area contributed by atoms with E-state index in [1.54, 1.807) is 20.8 Å². The molecular formula is C14H21NO6. The smallest absolute Gasteiger partial charge is 0.417 e. The number of carbonyl (C=O) groups is 4. The molecule has 0 bridgehead atoms. The third-order valence-electron chi connectivity index (χ3n) is 3.13. The summed E-state index contributed by atoms with van der Waals surface area (Å²) in [6, 6.07) is -1.000. The Kier molecular flexibility index (Phi) is 5.46. The van der Waals surface area contributed by atoms with Crippen molar-refractivity contribution in [2.75, 3.05) is 7.11 Å². The highest BCUT2D eigenvalue weighted by Crippen LogP contribution is 2.27. The summed E-state index contributed by atoms with van der Waals surface area (Å²) in [5, 5.41) is 0. The van der Waals surface area contributed by atoms with Crippen LogP contribution < -0.4 is 0 Å². The van der Waals surface area contributed by atoms with Crippen molar-refractivity contribution in [3.05, 3.63) is 0 Å². The summed E-state index contributed by atoms with van der Waals surface area (Å²) in [4.78, 5) is 47.7. The Morgan fingerprint density at radius 3 is 2.43 bits per heavy atom. The van der Waals surface area contributed by atoms with Crippen LogP contribution in [0.25, 0.3) is 0 Å². The Morgan fingerprint density at radius 2 is 1.95 bits per heavy atom. The van der Waals surface area contributed by atoms with Crippen molar-refractivity contribution in [3.63, 3.8) is 0 Å². The number of hydrogen-bond acceptors (Lipinski definition) is 6. The molecule has 0 spiro atoms. The van der Waals surface area contributed by atoms with Gasteiger partial charge in [0.15, 0.2) is 0 Å². The molecule has 1 heterocycles. The van der Waals surface area contributed by atoms with E-state index in [1.165, 1.54) is 7.11 Å². The number of likely N-dealkylation sites (tertiary alicyclic amines) is 1. The molecule has 0 aromatic carbocycles. The SMILES string of the molecule is COC(=O)[C@@H]1CC[C@H](CC=O)C(=O)N1C(=O)OC(C)(C)C. The lowest BCUT2D eigenvalue weighted by Crippen LogP contribution is -2.55. The summed E-state index contributed by atoms with van der Waals surface area (Å²) in [5.41, 5.74) is -0.796. The number of imide groups is 1. The summed E-state index contributed by atoms with van der Waals surface area (Å²) in [6.07, 6.45) is 0.381. The van der Waals surface area contributed by atoms with E-state index in [0.717, 1.165) is 4.90 Å². The fourth-order valence-corrected chi connectivity index (χ4v) is 2.18. The van der Waals surface area contributed by atoms with Gasteiger partial charge < -0.3 is 14.3 Å². The van der Waals surface area contributed by atoms with Crippen molar-refractivity contribution >= 4 is 24.3 Å². The van der Waals surface area contributed by atoms with Crippen molar-refractivity contribution in [3.8, 4) is 0 Å². The topological polar surface area (TPSA) is 90.0 Å². The first kappa shape index (κ1) is 17.1. The molecule has 118 valence electrons. The van der Waals surface area contributed by atoms with E-state index in [9.17, 15) is 19.2 Å². The zero-order valence-electron chi connectivity index (χ0n) is 12.8. The number of amides is 2. The minimum Gasteiger partial charge on any atom is -0.467 e. The lowest BCUT2D eigenvalue weighted by Gasteiger charge is -2.36. The maximum atomic E-state index is 12.3. The molecule has 0 aliphatic carbocycles. The first-order valence-electron chi connectivity index (χ1n) is 6.78. The Hall–Kier alpha value is -1.92. The number of esters is 1. The molecule has 1 fully saturated rings. The van der Waals surface area contributed by atoms with Gasteiger partial charge in [0.2, 0.25) is 5.91 Å². The number of methoxy groups -OCH3 is 1. The van der Waals surface area contributed by atoms with E-state index in [1.807, 2.05) is 0 Å². The maximum absolute atomic E-state index is 12.3. The average Bonchev–Trinajstić information content (AvgIpc) is 2.37. The van der Waals surface area contributed by atoms with E-state index in [2.05, 4.69) is 4.74 Å². The van der Waals surface area contributed by atoms with Crippen molar-refractivity contribution < 1.29 is 28.7 Å². The fraction of sp³-hybridized carbons (Fsp3) is 0.714. The number of piperidine rings is 1. The molecule has 0 radical (unpaired) electrons. The molecule has 1 aliphatic rings. The number of ether oxygens (including phenoxy) is 2. The maximum Gasteiger partial charge on any atom is 0.417 e. The normalized spacial score (nSPS) is 22.7. The van der Waals surface area contributed by atoms with Gasteiger partial charge in [-0.2, -0.15) is 0 Å². The molecule has 1 saturated heterocycles. The standard InChI is InChI=1S/C14H21NO6/c1-14(2,3)21-13(19)15-10(12(18)20-4)6-5-9(7-8-16)11(15)17/h8-10H,5-7H2,1-4H3/t9-,10+/m1/s1. The van der Waals surface area contributed by atoms with Crippen molar-refractivity contribution in [2.45, 2.75) is 51.7 Å². The molecule has 21 heavy (non-hydrogen) atoms. The molecule has 2 atom stereocenters. The first-order chi connectivity index (χ1) is 9.71. The van der Waals surface area contributed by atoms with Gasteiger partial charge in [0, 0.05) is 12.3 Å². The molecule has 0 aromatic rings. The van der Waals surface area contributed by atoms with Gasteiger partial charge in [0.25, 0.3) is 0 Å². The van der Waals surface area contributed by atoms with Gasteiger partial charge in [0.05, 0.1) is 7.11 Å². The van der Waals surface area contributed by atoms with Gasteiger partial charge in [-0.3, -0.25) is 4.79 Å². The van der Waals surface area contributed by atoms with Crippen LogP contribution in [-0.4, -0.2) is 47.9 Å². The second-order valence-corrected chi connectivity index (χ2v) is 5.90. The van der Waals surface area contributed by atoms with E-state index in [4.69, 9.17) is 4.74 Å². The average molecular weight is 299 g/mol. The Labute approximate surface area is 123 Å². The van der Waals surface area contributed by atoms with Crippen LogP contribution >= 0.6 is 0 Å². The molecule has 0 aromatic heterocycles. The van der Waals surface area contributed by atoms with Gasteiger partial charge in [-0.15, -0.1) is 0 Å². The number of nitrogens with zero attached hydrogens (tertiary/aromatic N) is 1. The molecule has 0 N–H and O–H groups in total. The van der Waals surface area contributed by atoms with Gasteiger partial charge >= 0.3 is 12.1 Å². The van der Waals surface area contributed by atoms with Crippen LogP contribution in [0.3, 0.4) is 0 Å². The molecule has 7 nitrogen and oxygen atoms in total. The summed E-state index contributed by atoms with van der Waals surface area (Å²) in [6.45, 7) is 4.99. The quantitative estimate of drug-likeness (QED) is 0.576. The predicted octanol–water partition coefficient (Wildman–Crippen LogP) is 1.29. The summed E-state index contributed by atoms with van der Waals surface area (Å²) < 4.78 is 9.80. The molecule has 7 heteroatoms. The van der Waals surface area contributed by atoms with E-state index >= 15 is 0 Å². The monoisotopic (exact) mass is 299 g/mol. The molecule has 2 amide bonds. The number of carbonyl (C=O) groups excluding carboxylic acids is 4. The van der Waals surface area contributed by atoms with Gasteiger partial charge in [-0.1, -0.05) is 0 Å². The van der Waals surface area contributed by atoms with E-state index < -0.39 is 35.5 Å². The summed E-state index contributed by atoms with van der Waals surface area (Å²) in [7, 11) is 1.19. The Morgan fingerprint density at radius 1 is 1.33 bits per heavy atom. The van der Waals surface area contributed by atoms with Gasteiger partial charge in [-0.05, 0) is 33.6 Å². The lowest BCUT2D eigenvalue weighted by molar-refractivity contribution is -0.157. The van der Waals surface area contributed by atoms with Crippen LogP contribution in [-0.2, 0) is 23.9 Å².